The summed E-state index contributed by atoms with van der Waals surface area (Å²) in [6.45, 7) is 9.06. The molecule has 21 heavy (non-hydrogen) atoms. The molecule has 2 N–H and O–H groups in total. The third-order valence-electron chi connectivity index (χ3n) is 5.21. The Labute approximate surface area is 129 Å². The molecule has 1 fully saturated rings. The molecule has 2 rings (SSSR count). The van der Waals surface area contributed by atoms with Crippen LogP contribution >= 0.6 is 0 Å². The van der Waals surface area contributed by atoms with E-state index in [0.29, 0.717) is 5.41 Å². The first-order valence-corrected chi connectivity index (χ1v) is 8.13. The van der Waals surface area contributed by atoms with E-state index in [2.05, 4.69) is 37.8 Å². The van der Waals surface area contributed by atoms with Crippen molar-refractivity contribution in [1.82, 2.24) is 4.90 Å². The number of rotatable bonds is 5. The molecular formula is C18H30N2O. The highest BCUT2D eigenvalue weighted by molar-refractivity contribution is 5.36. The average Bonchev–Trinajstić information content (AvgIpc) is 2.50. The summed E-state index contributed by atoms with van der Waals surface area (Å²) >= 11 is 0. The number of para-hydroxylation sites is 1. The van der Waals surface area contributed by atoms with E-state index in [1.165, 1.54) is 24.8 Å². The Morgan fingerprint density at radius 2 is 1.90 bits per heavy atom. The lowest BCUT2D eigenvalue weighted by Gasteiger charge is -2.44. The van der Waals surface area contributed by atoms with E-state index < -0.39 is 0 Å². The Kier molecular flexibility index (Phi) is 5.28. The van der Waals surface area contributed by atoms with E-state index in [4.69, 9.17) is 10.5 Å². The zero-order valence-corrected chi connectivity index (χ0v) is 13.9. The highest BCUT2D eigenvalue weighted by Gasteiger charge is 2.34. The van der Waals surface area contributed by atoms with Crippen molar-refractivity contribution in [3.63, 3.8) is 0 Å². The molecule has 1 aliphatic heterocycles. The molecule has 0 saturated carbocycles. The fraction of sp³-hybridized carbons (Fsp3) is 0.667. The monoisotopic (exact) mass is 290 g/mol. The first-order valence-electron chi connectivity index (χ1n) is 8.13. The van der Waals surface area contributed by atoms with E-state index in [-0.39, 0.29) is 12.1 Å². The lowest BCUT2D eigenvalue weighted by atomic mass is 9.77. The third-order valence-corrected chi connectivity index (χ3v) is 5.21. The Morgan fingerprint density at radius 3 is 2.43 bits per heavy atom. The quantitative estimate of drug-likeness (QED) is 0.900. The first-order chi connectivity index (χ1) is 10.0. The van der Waals surface area contributed by atoms with Crippen molar-refractivity contribution in [1.29, 1.82) is 0 Å². The van der Waals surface area contributed by atoms with Crippen LogP contribution in [0.15, 0.2) is 24.3 Å². The Balaban J connectivity index is 2.21. The molecule has 0 amide bonds. The number of ether oxygens (including phenoxy) is 1. The van der Waals surface area contributed by atoms with Gasteiger partial charge in [0.2, 0.25) is 0 Å². The minimum atomic E-state index is 0.0901. The lowest BCUT2D eigenvalue weighted by molar-refractivity contribution is 0.0711. The van der Waals surface area contributed by atoms with Crippen molar-refractivity contribution >= 4 is 0 Å². The maximum atomic E-state index is 6.33. The second-order valence-corrected chi connectivity index (χ2v) is 6.75. The highest BCUT2D eigenvalue weighted by Crippen LogP contribution is 2.39. The number of piperidine rings is 1. The highest BCUT2D eigenvalue weighted by atomic mass is 16.5. The van der Waals surface area contributed by atoms with Crippen LogP contribution in [0.1, 0.15) is 51.6 Å². The second kappa shape index (κ2) is 6.80. The number of nitrogens with zero attached hydrogens (tertiary/aromatic N) is 1. The van der Waals surface area contributed by atoms with Crippen LogP contribution in [-0.4, -0.2) is 31.1 Å². The fourth-order valence-corrected chi connectivity index (χ4v) is 3.42. The van der Waals surface area contributed by atoms with E-state index in [1.807, 2.05) is 12.1 Å². The van der Waals surface area contributed by atoms with Crippen molar-refractivity contribution in [2.75, 3.05) is 20.2 Å². The van der Waals surface area contributed by atoms with Crippen LogP contribution < -0.4 is 10.5 Å². The molecule has 0 radical (unpaired) electrons. The molecule has 0 aromatic heterocycles. The average molecular weight is 290 g/mol. The minimum Gasteiger partial charge on any atom is -0.496 e. The predicted molar refractivity (Wildman–Crippen MR) is 88.6 cm³/mol. The van der Waals surface area contributed by atoms with Gasteiger partial charge in [0.15, 0.2) is 0 Å². The van der Waals surface area contributed by atoms with Gasteiger partial charge in [-0.15, -0.1) is 0 Å². The predicted octanol–water partition coefficient (Wildman–Crippen LogP) is 3.60. The Hall–Kier alpha value is -1.06. The van der Waals surface area contributed by atoms with Gasteiger partial charge in [-0.2, -0.15) is 0 Å². The Morgan fingerprint density at radius 1 is 1.29 bits per heavy atom. The molecule has 1 aliphatic rings. The molecule has 2 atom stereocenters. The minimum absolute atomic E-state index is 0.0901. The van der Waals surface area contributed by atoms with Gasteiger partial charge in [-0.25, -0.2) is 0 Å². The number of hydrogen-bond acceptors (Lipinski definition) is 3. The van der Waals surface area contributed by atoms with Crippen LogP contribution in [0.3, 0.4) is 0 Å². The van der Waals surface area contributed by atoms with Gasteiger partial charge in [0.25, 0.3) is 0 Å². The van der Waals surface area contributed by atoms with Gasteiger partial charge < -0.3 is 10.5 Å². The molecule has 3 nitrogen and oxygen atoms in total. The SMILES string of the molecule is CCC1(C)CCN(C(c2ccccc2OC)C(C)N)CC1. The molecule has 1 heterocycles. The smallest absolute Gasteiger partial charge is 0.123 e. The Bertz CT molecular complexity index is 450. The topological polar surface area (TPSA) is 38.5 Å². The summed E-state index contributed by atoms with van der Waals surface area (Å²) in [6, 6.07) is 8.61. The molecule has 0 bridgehead atoms. The standard InChI is InChI=1S/C18H30N2O/c1-5-18(3)10-12-20(13-11-18)17(14(2)19)15-8-6-7-9-16(15)21-4/h6-9,14,17H,5,10-13,19H2,1-4H3. The van der Waals surface area contributed by atoms with Crippen LogP contribution in [0.4, 0.5) is 0 Å². The van der Waals surface area contributed by atoms with Crippen molar-refractivity contribution in [3.8, 4) is 5.75 Å². The van der Waals surface area contributed by atoms with Crippen LogP contribution in [0.5, 0.6) is 5.75 Å². The summed E-state index contributed by atoms with van der Waals surface area (Å²) in [5.74, 6) is 0.948. The molecule has 2 unspecified atom stereocenters. The van der Waals surface area contributed by atoms with E-state index in [9.17, 15) is 0 Å². The number of hydrogen-bond donors (Lipinski definition) is 1. The summed E-state index contributed by atoms with van der Waals surface area (Å²) in [6.07, 6.45) is 3.77. The van der Waals surface area contributed by atoms with E-state index in [0.717, 1.165) is 18.8 Å². The maximum Gasteiger partial charge on any atom is 0.123 e. The van der Waals surface area contributed by atoms with Crippen LogP contribution in [0.2, 0.25) is 0 Å². The summed E-state index contributed by atoms with van der Waals surface area (Å²) in [5.41, 5.74) is 8.04. The molecule has 0 spiro atoms. The summed E-state index contributed by atoms with van der Waals surface area (Å²) < 4.78 is 5.55. The van der Waals surface area contributed by atoms with Gasteiger partial charge in [0.05, 0.1) is 13.2 Å². The van der Waals surface area contributed by atoms with Crippen molar-refractivity contribution < 1.29 is 4.74 Å². The zero-order valence-electron chi connectivity index (χ0n) is 13.9. The van der Waals surface area contributed by atoms with Crippen LogP contribution in [-0.2, 0) is 0 Å². The van der Waals surface area contributed by atoms with Gasteiger partial charge in [0, 0.05) is 11.6 Å². The van der Waals surface area contributed by atoms with Gasteiger partial charge in [-0.05, 0) is 44.3 Å². The van der Waals surface area contributed by atoms with Gasteiger partial charge in [0.1, 0.15) is 5.75 Å². The molecular weight excluding hydrogens is 260 g/mol. The van der Waals surface area contributed by atoms with Crippen LogP contribution in [0, 0.1) is 5.41 Å². The van der Waals surface area contributed by atoms with Gasteiger partial charge in [-0.1, -0.05) is 38.5 Å². The van der Waals surface area contributed by atoms with Crippen molar-refractivity contribution in [2.24, 2.45) is 11.1 Å². The first kappa shape index (κ1) is 16.3. The van der Waals surface area contributed by atoms with Crippen molar-refractivity contribution in [3.05, 3.63) is 29.8 Å². The maximum absolute atomic E-state index is 6.33. The van der Waals surface area contributed by atoms with Crippen molar-refractivity contribution in [2.45, 2.75) is 52.1 Å². The summed E-state index contributed by atoms with van der Waals surface area (Å²) in [5, 5.41) is 0. The molecule has 1 aromatic carbocycles. The van der Waals surface area contributed by atoms with E-state index >= 15 is 0 Å². The van der Waals surface area contributed by atoms with E-state index in [1.54, 1.807) is 7.11 Å². The van der Waals surface area contributed by atoms with Gasteiger partial charge in [-0.3, -0.25) is 4.90 Å². The third kappa shape index (κ3) is 3.58. The lowest BCUT2D eigenvalue weighted by Crippen LogP contribution is -2.45. The number of likely N-dealkylation sites (tertiary alicyclic amines) is 1. The fourth-order valence-electron chi connectivity index (χ4n) is 3.42. The number of benzene rings is 1. The zero-order chi connectivity index (χ0) is 15.5. The number of methoxy groups -OCH3 is 1. The largest absolute Gasteiger partial charge is 0.496 e. The molecule has 1 aromatic rings. The summed E-state index contributed by atoms with van der Waals surface area (Å²) in [7, 11) is 1.74. The molecule has 3 heteroatoms. The molecule has 1 saturated heterocycles. The number of nitrogens with two attached hydrogens (primary N) is 1. The summed E-state index contributed by atoms with van der Waals surface area (Å²) in [4.78, 5) is 2.54. The normalized spacial score (nSPS) is 21.8. The van der Waals surface area contributed by atoms with Crippen LogP contribution in [0.25, 0.3) is 0 Å². The second-order valence-electron chi connectivity index (χ2n) is 6.75. The molecule has 118 valence electrons. The van der Waals surface area contributed by atoms with Gasteiger partial charge >= 0.3 is 0 Å². The molecule has 0 aliphatic carbocycles.